The molecule has 6 heteroatoms. The van der Waals surface area contributed by atoms with Gasteiger partial charge in [0.25, 0.3) is 0 Å². The van der Waals surface area contributed by atoms with Gasteiger partial charge in [-0.05, 0) is 49.2 Å². The summed E-state index contributed by atoms with van der Waals surface area (Å²) in [6.45, 7) is 3.60. The lowest BCUT2D eigenvalue weighted by molar-refractivity contribution is -0.134. The third-order valence-corrected chi connectivity index (χ3v) is 4.42. The van der Waals surface area contributed by atoms with Gasteiger partial charge >= 0.3 is 5.97 Å². The molecule has 2 rings (SSSR count). The van der Waals surface area contributed by atoms with E-state index in [1.807, 2.05) is 19.1 Å². The highest BCUT2D eigenvalue weighted by Gasteiger charge is 2.16. The number of hydrogen-bond donors (Lipinski definition) is 1. The molecule has 0 fully saturated rings. The smallest absolute Gasteiger partial charge is 0.330 e. The molecule has 0 amide bonds. The summed E-state index contributed by atoms with van der Waals surface area (Å²) in [5, 5.41) is 10.5. The van der Waals surface area contributed by atoms with E-state index in [1.54, 1.807) is 31.4 Å². The molecule has 6 nitrogen and oxygen atoms in total. The van der Waals surface area contributed by atoms with Crippen LogP contribution < -0.4 is 9.47 Å². The SMILES string of the molecule is CCCc1c(OCc2cc(/C=C/C(=O)OC)ccc2OC)ccc(C(C)=O)c1O. The summed E-state index contributed by atoms with van der Waals surface area (Å²) in [7, 11) is 2.89. The van der Waals surface area contributed by atoms with Gasteiger partial charge in [-0.25, -0.2) is 4.79 Å². The number of Topliss-reactive ketones (excluding diaryl/α,β-unsaturated/α-hetero) is 1. The molecule has 0 heterocycles. The van der Waals surface area contributed by atoms with Gasteiger partial charge in [0, 0.05) is 17.2 Å². The van der Waals surface area contributed by atoms with E-state index in [2.05, 4.69) is 4.74 Å². The number of hydrogen-bond acceptors (Lipinski definition) is 6. The van der Waals surface area contributed by atoms with Gasteiger partial charge in [-0.3, -0.25) is 4.79 Å². The number of rotatable bonds is 9. The van der Waals surface area contributed by atoms with Crippen molar-refractivity contribution in [1.29, 1.82) is 0 Å². The maximum absolute atomic E-state index is 11.7. The summed E-state index contributed by atoms with van der Waals surface area (Å²) in [4.78, 5) is 23.0. The normalized spacial score (nSPS) is 10.8. The van der Waals surface area contributed by atoms with E-state index < -0.39 is 5.97 Å². The minimum absolute atomic E-state index is 0.0291. The molecular formula is C23H26O6. The van der Waals surface area contributed by atoms with Crippen molar-refractivity contribution in [2.75, 3.05) is 14.2 Å². The van der Waals surface area contributed by atoms with E-state index >= 15 is 0 Å². The molecule has 0 saturated carbocycles. The Labute approximate surface area is 170 Å². The quantitative estimate of drug-likeness (QED) is 0.385. The van der Waals surface area contributed by atoms with Crippen LogP contribution in [0.1, 0.15) is 47.3 Å². The lowest BCUT2D eigenvalue weighted by Gasteiger charge is -2.16. The van der Waals surface area contributed by atoms with E-state index in [4.69, 9.17) is 9.47 Å². The van der Waals surface area contributed by atoms with Crippen LogP contribution in [0.4, 0.5) is 0 Å². The molecule has 0 unspecified atom stereocenters. The van der Waals surface area contributed by atoms with Crippen LogP contribution in [-0.4, -0.2) is 31.1 Å². The van der Waals surface area contributed by atoms with Crippen LogP contribution >= 0.6 is 0 Å². The highest BCUT2D eigenvalue weighted by Crippen LogP contribution is 2.34. The standard InChI is InChI=1S/C23H26O6/c1-5-6-19-21(11-9-18(15(2)24)23(19)26)29-14-17-13-16(7-10-20(17)27-3)8-12-22(25)28-4/h7-13,26H,5-6,14H2,1-4H3/b12-8+. The summed E-state index contributed by atoms with van der Waals surface area (Å²) < 4.78 is 16.0. The molecule has 0 saturated heterocycles. The van der Waals surface area contributed by atoms with Crippen LogP contribution in [0.5, 0.6) is 17.2 Å². The topological polar surface area (TPSA) is 82.1 Å². The van der Waals surface area contributed by atoms with Gasteiger partial charge in [0.2, 0.25) is 0 Å². The Morgan fingerprint density at radius 1 is 1.10 bits per heavy atom. The molecule has 1 N–H and O–H groups in total. The number of ketones is 1. The van der Waals surface area contributed by atoms with E-state index in [0.29, 0.717) is 23.5 Å². The van der Waals surface area contributed by atoms with Crippen LogP contribution in [-0.2, 0) is 22.6 Å². The Balaban J connectivity index is 2.30. The van der Waals surface area contributed by atoms with E-state index in [9.17, 15) is 14.7 Å². The number of esters is 1. The van der Waals surface area contributed by atoms with Crippen molar-refractivity contribution in [3.05, 3.63) is 58.7 Å². The molecule has 0 spiro atoms. The third kappa shape index (κ3) is 5.60. The largest absolute Gasteiger partial charge is 0.507 e. The zero-order valence-electron chi connectivity index (χ0n) is 17.2. The number of ether oxygens (including phenoxy) is 3. The van der Waals surface area contributed by atoms with Crippen LogP contribution in [0, 0.1) is 0 Å². The third-order valence-electron chi connectivity index (χ3n) is 4.42. The van der Waals surface area contributed by atoms with Gasteiger partial charge < -0.3 is 19.3 Å². The molecule has 154 valence electrons. The molecule has 2 aromatic rings. The summed E-state index contributed by atoms with van der Waals surface area (Å²) in [6.07, 6.45) is 4.36. The van der Waals surface area contributed by atoms with Crippen molar-refractivity contribution in [2.45, 2.75) is 33.3 Å². The fraction of sp³-hybridized carbons (Fsp3) is 0.304. The van der Waals surface area contributed by atoms with Gasteiger partial charge in [-0.1, -0.05) is 19.4 Å². The number of aromatic hydroxyl groups is 1. The summed E-state index contributed by atoms with van der Waals surface area (Å²) in [6, 6.07) is 8.73. The zero-order chi connectivity index (χ0) is 21.4. The lowest BCUT2D eigenvalue weighted by atomic mass is 10.0. The van der Waals surface area contributed by atoms with Crippen molar-refractivity contribution in [2.24, 2.45) is 0 Å². The van der Waals surface area contributed by atoms with Crippen molar-refractivity contribution < 1.29 is 28.9 Å². The molecule has 0 radical (unpaired) electrons. The van der Waals surface area contributed by atoms with Gasteiger partial charge in [-0.2, -0.15) is 0 Å². The fourth-order valence-electron chi connectivity index (χ4n) is 2.93. The first-order valence-corrected chi connectivity index (χ1v) is 9.32. The molecule has 0 aliphatic rings. The number of carbonyl (C=O) groups excluding carboxylic acids is 2. The molecule has 29 heavy (non-hydrogen) atoms. The maximum atomic E-state index is 11.7. The first-order valence-electron chi connectivity index (χ1n) is 9.32. The predicted molar refractivity (Wildman–Crippen MR) is 110 cm³/mol. The Morgan fingerprint density at radius 3 is 2.45 bits per heavy atom. The minimum Gasteiger partial charge on any atom is -0.507 e. The minimum atomic E-state index is -0.441. The maximum Gasteiger partial charge on any atom is 0.330 e. The fourth-order valence-corrected chi connectivity index (χ4v) is 2.93. The van der Waals surface area contributed by atoms with Gasteiger partial charge in [0.1, 0.15) is 23.9 Å². The second kappa shape index (κ2) is 10.3. The van der Waals surface area contributed by atoms with Crippen molar-refractivity contribution in [3.63, 3.8) is 0 Å². The predicted octanol–water partition coefficient (Wildman–Crippen LogP) is 4.32. The Kier molecular flexibility index (Phi) is 7.83. The average Bonchev–Trinajstić information content (AvgIpc) is 2.72. The van der Waals surface area contributed by atoms with Gasteiger partial charge in [0.15, 0.2) is 5.78 Å². The molecule has 0 aliphatic carbocycles. The first kappa shape index (κ1) is 22.0. The molecule has 0 aliphatic heterocycles. The van der Waals surface area contributed by atoms with Crippen LogP contribution in [0.25, 0.3) is 6.08 Å². The monoisotopic (exact) mass is 398 g/mol. The van der Waals surface area contributed by atoms with E-state index in [-0.39, 0.29) is 23.7 Å². The molecule has 0 atom stereocenters. The molecule has 0 aromatic heterocycles. The Hall–Kier alpha value is -3.28. The Morgan fingerprint density at radius 2 is 1.83 bits per heavy atom. The number of benzene rings is 2. The first-order chi connectivity index (χ1) is 13.9. The summed E-state index contributed by atoms with van der Waals surface area (Å²) in [5.41, 5.74) is 2.46. The van der Waals surface area contributed by atoms with E-state index in [0.717, 1.165) is 17.5 Å². The van der Waals surface area contributed by atoms with E-state index in [1.165, 1.54) is 20.1 Å². The zero-order valence-corrected chi connectivity index (χ0v) is 17.2. The average molecular weight is 398 g/mol. The number of phenols is 1. The second-order valence-corrected chi connectivity index (χ2v) is 6.46. The molecular weight excluding hydrogens is 372 g/mol. The van der Waals surface area contributed by atoms with Crippen LogP contribution in [0.2, 0.25) is 0 Å². The van der Waals surface area contributed by atoms with Crippen molar-refractivity contribution in [1.82, 2.24) is 0 Å². The van der Waals surface area contributed by atoms with Crippen molar-refractivity contribution in [3.8, 4) is 17.2 Å². The van der Waals surface area contributed by atoms with Crippen molar-refractivity contribution >= 4 is 17.8 Å². The molecule has 2 aromatic carbocycles. The highest BCUT2D eigenvalue weighted by molar-refractivity contribution is 5.97. The Bertz CT molecular complexity index is 914. The number of methoxy groups -OCH3 is 2. The highest BCUT2D eigenvalue weighted by atomic mass is 16.5. The van der Waals surface area contributed by atoms with Gasteiger partial charge in [-0.15, -0.1) is 0 Å². The summed E-state index contributed by atoms with van der Waals surface area (Å²) in [5.74, 6) is 0.495. The molecule has 0 bridgehead atoms. The number of carbonyl (C=O) groups is 2. The van der Waals surface area contributed by atoms with Gasteiger partial charge in [0.05, 0.1) is 19.8 Å². The lowest BCUT2D eigenvalue weighted by Crippen LogP contribution is -2.04. The summed E-state index contributed by atoms with van der Waals surface area (Å²) >= 11 is 0. The van der Waals surface area contributed by atoms with Crippen LogP contribution in [0.15, 0.2) is 36.4 Å². The van der Waals surface area contributed by atoms with Crippen LogP contribution in [0.3, 0.4) is 0 Å². The number of phenolic OH excluding ortho intramolecular Hbond substituents is 1. The second-order valence-electron chi connectivity index (χ2n) is 6.46.